The van der Waals surface area contributed by atoms with Gasteiger partial charge in [-0.1, -0.05) is 64.7 Å². The largest absolute Gasteiger partial charge is 0.504 e. The number of aromatic hydroxyl groups is 1. The predicted molar refractivity (Wildman–Crippen MR) is 131 cm³/mol. The van der Waals surface area contributed by atoms with Crippen LogP contribution in [0.3, 0.4) is 0 Å². The van der Waals surface area contributed by atoms with Crippen molar-refractivity contribution in [3.8, 4) is 11.5 Å². The van der Waals surface area contributed by atoms with Gasteiger partial charge in [0, 0.05) is 12.3 Å². The molecule has 33 heavy (non-hydrogen) atoms. The summed E-state index contributed by atoms with van der Waals surface area (Å²) in [5.41, 5.74) is 1.52. The van der Waals surface area contributed by atoms with E-state index in [-0.39, 0.29) is 18.3 Å². The highest BCUT2D eigenvalue weighted by Crippen LogP contribution is 2.25. The molecule has 0 radical (unpaired) electrons. The lowest BCUT2D eigenvalue weighted by molar-refractivity contribution is -0.685. The Balaban J connectivity index is 1.65. The summed E-state index contributed by atoms with van der Waals surface area (Å²) < 4.78 is 12.3. The van der Waals surface area contributed by atoms with Crippen LogP contribution < -0.4 is 9.30 Å². The molecule has 0 saturated carbocycles. The van der Waals surface area contributed by atoms with E-state index in [1.807, 2.05) is 18.3 Å². The van der Waals surface area contributed by atoms with E-state index in [4.69, 9.17) is 9.47 Å². The van der Waals surface area contributed by atoms with Crippen LogP contribution in [0.15, 0.2) is 47.7 Å². The molecule has 1 aromatic heterocycles. The molecule has 0 bridgehead atoms. The van der Waals surface area contributed by atoms with Crippen LogP contribution in [0.5, 0.6) is 11.5 Å². The molecule has 0 aliphatic carbocycles. The third kappa shape index (κ3) is 11.0. The lowest BCUT2D eigenvalue weighted by Gasteiger charge is -2.04. The first-order valence-corrected chi connectivity index (χ1v) is 12.2. The molecular formula is C27H39N2O4+. The summed E-state index contributed by atoms with van der Waals surface area (Å²) in [4.78, 5) is 16.6. The SMILES string of the molecule is CCCCCCCCCCCCOC(=O)C[n+]1cccc(N=Cc2ccc(O)c(OC)c2)c1. The second-order valence-electron chi connectivity index (χ2n) is 8.33. The Bertz CT molecular complexity index is 867. The third-order valence-electron chi connectivity index (χ3n) is 5.48. The van der Waals surface area contributed by atoms with Crippen molar-refractivity contribution in [2.24, 2.45) is 4.99 Å². The van der Waals surface area contributed by atoms with E-state index in [1.54, 1.807) is 35.2 Å². The van der Waals surface area contributed by atoms with Gasteiger partial charge in [0.15, 0.2) is 23.9 Å². The van der Waals surface area contributed by atoms with Crippen LogP contribution >= 0.6 is 0 Å². The second-order valence-corrected chi connectivity index (χ2v) is 8.33. The topological polar surface area (TPSA) is 72.0 Å². The molecule has 1 aromatic carbocycles. The Hall–Kier alpha value is -2.89. The van der Waals surface area contributed by atoms with Crippen molar-refractivity contribution < 1.29 is 23.9 Å². The summed E-state index contributed by atoms with van der Waals surface area (Å²) in [5, 5.41) is 9.68. The summed E-state index contributed by atoms with van der Waals surface area (Å²) in [5.74, 6) is 0.246. The molecule has 2 rings (SSSR count). The first-order chi connectivity index (χ1) is 16.1. The molecule has 1 heterocycles. The van der Waals surface area contributed by atoms with Gasteiger partial charge in [0.2, 0.25) is 6.54 Å². The van der Waals surface area contributed by atoms with Crippen molar-refractivity contribution in [3.63, 3.8) is 0 Å². The van der Waals surface area contributed by atoms with Gasteiger partial charge < -0.3 is 14.6 Å². The number of phenols is 1. The molecule has 6 nitrogen and oxygen atoms in total. The first kappa shape index (κ1) is 26.4. The molecule has 0 fully saturated rings. The maximum absolute atomic E-state index is 12.1. The highest BCUT2D eigenvalue weighted by molar-refractivity contribution is 5.82. The van der Waals surface area contributed by atoms with Crippen molar-refractivity contribution in [3.05, 3.63) is 48.3 Å². The molecule has 0 atom stereocenters. The molecule has 0 saturated heterocycles. The van der Waals surface area contributed by atoms with Gasteiger partial charge in [-0.3, -0.25) is 0 Å². The number of esters is 1. The predicted octanol–water partition coefficient (Wildman–Crippen LogP) is 5.90. The van der Waals surface area contributed by atoms with Gasteiger partial charge in [-0.2, -0.15) is 4.57 Å². The molecule has 0 amide bonds. The van der Waals surface area contributed by atoms with Crippen LogP contribution in [-0.2, 0) is 16.1 Å². The van der Waals surface area contributed by atoms with Gasteiger partial charge in [-0.05, 0) is 36.2 Å². The van der Waals surface area contributed by atoms with Gasteiger partial charge >= 0.3 is 5.97 Å². The smallest absolute Gasteiger partial charge is 0.372 e. The number of unbranched alkanes of at least 4 members (excludes halogenated alkanes) is 9. The number of pyridine rings is 1. The second kappa shape index (κ2) is 15.8. The number of phenolic OH excluding ortho intramolecular Hbond substituents is 1. The molecule has 0 aliphatic rings. The number of methoxy groups -OCH3 is 1. The fourth-order valence-electron chi connectivity index (χ4n) is 3.58. The lowest BCUT2D eigenvalue weighted by atomic mass is 10.1. The van der Waals surface area contributed by atoms with Gasteiger partial charge in [-0.25, -0.2) is 9.79 Å². The minimum absolute atomic E-state index is 0.0866. The Morgan fingerprint density at radius 3 is 2.42 bits per heavy atom. The standard InChI is InChI=1S/C27H38N2O4/c1-3-4-5-6-7-8-9-10-11-12-18-33-27(31)22-29-17-13-14-24(21-29)28-20-23-15-16-25(30)26(19-23)32-2/h13-17,19-21H,3-12,18,22H2,1-2H3/p+1. The van der Waals surface area contributed by atoms with E-state index in [0.29, 0.717) is 18.0 Å². The van der Waals surface area contributed by atoms with E-state index < -0.39 is 0 Å². The molecule has 1 N–H and O–H groups in total. The van der Waals surface area contributed by atoms with Crippen molar-refractivity contribution in [2.75, 3.05) is 13.7 Å². The van der Waals surface area contributed by atoms with Gasteiger partial charge in [0.25, 0.3) is 0 Å². The number of aromatic nitrogens is 1. The zero-order valence-corrected chi connectivity index (χ0v) is 20.2. The Labute approximate surface area is 198 Å². The van der Waals surface area contributed by atoms with E-state index in [0.717, 1.165) is 18.4 Å². The summed E-state index contributed by atoms with van der Waals surface area (Å²) in [6.07, 6.45) is 17.9. The van der Waals surface area contributed by atoms with Crippen LogP contribution in [0.1, 0.15) is 76.7 Å². The van der Waals surface area contributed by atoms with Crippen LogP contribution in [0.4, 0.5) is 5.69 Å². The van der Waals surface area contributed by atoms with Gasteiger partial charge in [0.1, 0.15) is 5.69 Å². The van der Waals surface area contributed by atoms with Crippen LogP contribution in [0, 0.1) is 0 Å². The molecule has 180 valence electrons. The maximum atomic E-state index is 12.1. The molecule has 6 heteroatoms. The number of ether oxygens (including phenoxy) is 2. The molecule has 2 aromatic rings. The van der Waals surface area contributed by atoms with Gasteiger partial charge in [-0.15, -0.1) is 0 Å². The van der Waals surface area contributed by atoms with E-state index in [2.05, 4.69) is 11.9 Å². The number of carbonyl (C=O) groups excluding carboxylic acids is 1. The summed E-state index contributed by atoms with van der Waals surface area (Å²) >= 11 is 0. The zero-order valence-electron chi connectivity index (χ0n) is 20.2. The zero-order chi connectivity index (χ0) is 23.7. The minimum Gasteiger partial charge on any atom is -0.504 e. The first-order valence-electron chi connectivity index (χ1n) is 12.2. The number of hydrogen-bond donors (Lipinski definition) is 1. The summed E-state index contributed by atoms with van der Waals surface area (Å²) in [6.45, 7) is 2.89. The summed E-state index contributed by atoms with van der Waals surface area (Å²) in [6, 6.07) is 8.74. The van der Waals surface area contributed by atoms with Crippen LogP contribution in [-0.4, -0.2) is 31.0 Å². The summed E-state index contributed by atoms with van der Waals surface area (Å²) in [7, 11) is 1.51. The van der Waals surface area contributed by atoms with Crippen LogP contribution in [0.2, 0.25) is 0 Å². The Kier molecular flexibility index (Phi) is 12.7. The van der Waals surface area contributed by atoms with Crippen molar-refractivity contribution in [1.82, 2.24) is 0 Å². The average molecular weight is 456 g/mol. The molecular weight excluding hydrogens is 416 g/mol. The highest BCUT2D eigenvalue weighted by atomic mass is 16.5. The third-order valence-corrected chi connectivity index (χ3v) is 5.48. The molecule has 0 aliphatic heterocycles. The van der Waals surface area contributed by atoms with Crippen molar-refractivity contribution in [2.45, 2.75) is 77.7 Å². The number of hydrogen-bond acceptors (Lipinski definition) is 5. The maximum Gasteiger partial charge on any atom is 0.372 e. The number of nitrogens with zero attached hydrogens (tertiary/aromatic N) is 2. The number of rotatable bonds is 16. The quantitative estimate of drug-likeness (QED) is 0.148. The van der Waals surface area contributed by atoms with Gasteiger partial charge in [0.05, 0.1) is 13.7 Å². The number of carbonyl (C=O) groups is 1. The minimum atomic E-state index is -0.236. The fraction of sp³-hybridized carbons (Fsp3) is 0.519. The normalized spacial score (nSPS) is 11.1. The van der Waals surface area contributed by atoms with Crippen molar-refractivity contribution in [1.29, 1.82) is 0 Å². The monoisotopic (exact) mass is 455 g/mol. The van der Waals surface area contributed by atoms with E-state index in [9.17, 15) is 9.90 Å². The number of benzene rings is 1. The Morgan fingerprint density at radius 2 is 1.73 bits per heavy atom. The average Bonchev–Trinajstić information content (AvgIpc) is 2.82. The fourth-order valence-corrected chi connectivity index (χ4v) is 3.58. The van der Waals surface area contributed by atoms with Crippen LogP contribution in [0.25, 0.3) is 0 Å². The molecule has 0 spiro atoms. The molecule has 0 unspecified atom stereocenters. The highest BCUT2D eigenvalue weighted by Gasteiger charge is 2.11. The van der Waals surface area contributed by atoms with E-state index in [1.165, 1.54) is 58.5 Å². The van der Waals surface area contributed by atoms with Crippen molar-refractivity contribution >= 4 is 17.9 Å². The number of aliphatic imine (C=N–C) groups is 1. The van der Waals surface area contributed by atoms with E-state index >= 15 is 0 Å². The Morgan fingerprint density at radius 1 is 1.03 bits per heavy atom. The lowest BCUT2D eigenvalue weighted by Crippen LogP contribution is -2.37.